The van der Waals surface area contributed by atoms with Gasteiger partial charge in [-0.15, -0.1) is 0 Å². The Morgan fingerprint density at radius 3 is 3.12 bits per heavy atom. The van der Waals surface area contributed by atoms with E-state index in [-0.39, 0.29) is 0 Å². The molecule has 0 bridgehead atoms. The zero-order valence-electron chi connectivity index (χ0n) is 9.91. The van der Waals surface area contributed by atoms with Gasteiger partial charge >= 0.3 is 0 Å². The van der Waals surface area contributed by atoms with Gasteiger partial charge in [-0.05, 0) is 37.5 Å². The number of hydrogen-bond donors (Lipinski definition) is 1. The third-order valence-electron chi connectivity index (χ3n) is 3.03. The minimum Gasteiger partial charge on any atom is -0.399 e. The quantitative estimate of drug-likeness (QED) is 0.623. The highest BCUT2D eigenvalue weighted by Crippen LogP contribution is 2.28. The Labute approximate surface area is 97.2 Å². The minimum atomic E-state index is 0.789. The lowest BCUT2D eigenvalue weighted by atomic mass is 10.0. The number of fused-ring (bicyclic) bond motifs is 1. The van der Waals surface area contributed by atoms with Gasteiger partial charge in [0.15, 0.2) is 0 Å². The van der Waals surface area contributed by atoms with Gasteiger partial charge in [0.2, 0.25) is 0 Å². The molecule has 2 rings (SSSR count). The van der Waals surface area contributed by atoms with E-state index in [0.717, 1.165) is 32.0 Å². The molecule has 0 aliphatic carbocycles. The summed E-state index contributed by atoms with van der Waals surface area (Å²) >= 11 is 0. The van der Waals surface area contributed by atoms with Crippen LogP contribution in [0.1, 0.15) is 18.9 Å². The van der Waals surface area contributed by atoms with Crippen LogP contribution in [0.4, 0.5) is 11.4 Å². The second-order valence-electron chi connectivity index (χ2n) is 4.18. The standard InChI is InChI=1S/C13H20N2O/c1-2-16-9-8-15-7-3-4-11-5-6-12(14)10-13(11)15/h5-6,10H,2-4,7-9,14H2,1H3. The number of aryl methyl sites for hydroxylation is 1. The number of rotatable bonds is 4. The molecule has 0 saturated carbocycles. The SMILES string of the molecule is CCOCCN1CCCc2ccc(N)cc21. The van der Waals surface area contributed by atoms with Crippen molar-refractivity contribution < 1.29 is 4.74 Å². The molecule has 1 aromatic rings. The Morgan fingerprint density at radius 2 is 2.31 bits per heavy atom. The van der Waals surface area contributed by atoms with Crippen molar-refractivity contribution >= 4 is 11.4 Å². The molecule has 1 aromatic carbocycles. The van der Waals surface area contributed by atoms with E-state index in [9.17, 15) is 0 Å². The Morgan fingerprint density at radius 1 is 1.44 bits per heavy atom. The van der Waals surface area contributed by atoms with E-state index in [0.29, 0.717) is 0 Å². The molecular weight excluding hydrogens is 200 g/mol. The number of nitrogens with two attached hydrogens (primary N) is 1. The summed E-state index contributed by atoms with van der Waals surface area (Å²) in [5.41, 5.74) is 9.40. The van der Waals surface area contributed by atoms with E-state index in [2.05, 4.69) is 17.0 Å². The Balaban J connectivity index is 2.09. The molecule has 0 aromatic heterocycles. The van der Waals surface area contributed by atoms with Gasteiger partial charge in [-0.2, -0.15) is 0 Å². The van der Waals surface area contributed by atoms with Crippen LogP contribution in [0.15, 0.2) is 18.2 Å². The average Bonchev–Trinajstić information content (AvgIpc) is 2.30. The third-order valence-corrected chi connectivity index (χ3v) is 3.03. The third kappa shape index (κ3) is 2.47. The van der Waals surface area contributed by atoms with Crippen molar-refractivity contribution in [2.24, 2.45) is 0 Å². The van der Waals surface area contributed by atoms with Gasteiger partial charge in [0.1, 0.15) is 0 Å². The molecular formula is C13H20N2O. The van der Waals surface area contributed by atoms with E-state index < -0.39 is 0 Å². The predicted molar refractivity (Wildman–Crippen MR) is 67.9 cm³/mol. The lowest BCUT2D eigenvalue weighted by molar-refractivity contribution is 0.153. The predicted octanol–water partition coefficient (Wildman–Crippen LogP) is 2.06. The smallest absolute Gasteiger partial charge is 0.0641 e. The maximum atomic E-state index is 5.84. The maximum Gasteiger partial charge on any atom is 0.0641 e. The second-order valence-corrected chi connectivity index (χ2v) is 4.18. The molecule has 0 unspecified atom stereocenters. The largest absolute Gasteiger partial charge is 0.399 e. The first kappa shape index (κ1) is 11.3. The molecule has 0 spiro atoms. The monoisotopic (exact) mass is 220 g/mol. The first-order valence-corrected chi connectivity index (χ1v) is 6.02. The summed E-state index contributed by atoms with van der Waals surface area (Å²) in [6.07, 6.45) is 2.39. The highest BCUT2D eigenvalue weighted by Gasteiger charge is 2.16. The maximum absolute atomic E-state index is 5.84. The molecule has 16 heavy (non-hydrogen) atoms. The molecule has 88 valence electrons. The van der Waals surface area contributed by atoms with Crippen LogP contribution >= 0.6 is 0 Å². The molecule has 0 fully saturated rings. The van der Waals surface area contributed by atoms with Crippen LogP contribution in [0.25, 0.3) is 0 Å². The van der Waals surface area contributed by atoms with Crippen LogP contribution in [0.2, 0.25) is 0 Å². The van der Waals surface area contributed by atoms with Crippen molar-refractivity contribution in [2.75, 3.05) is 36.9 Å². The van der Waals surface area contributed by atoms with Crippen LogP contribution in [-0.2, 0) is 11.2 Å². The second kappa shape index (κ2) is 5.21. The Hall–Kier alpha value is -1.22. The van der Waals surface area contributed by atoms with Crippen LogP contribution in [0, 0.1) is 0 Å². The van der Waals surface area contributed by atoms with Gasteiger partial charge in [0.25, 0.3) is 0 Å². The van der Waals surface area contributed by atoms with Gasteiger partial charge in [-0.3, -0.25) is 0 Å². The number of nitrogens with zero attached hydrogens (tertiary/aromatic N) is 1. The summed E-state index contributed by atoms with van der Waals surface area (Å²) in [6.45, 7) is 5.69. The van der Waals surface area contributed by atoms with Crippen LogP contribution < -0.4 is 10.6 Å². The van der Waals surface area contributed by atoms with E-state index in [1.807, 2.05) is 13.0 Å². The first-order chi connectivity index (χ1) is 7.81. The fraction of sp³-hybridized carbons (Fsp3) is 0.538. The topological polar surface area (TPSA) is 38.5 Å². The van der Waals surface area contributed by atoms with Gasteiger partial charge in [0.05, 0.1) is 6.61 Å². The fourth-order valence-corrected chi connectivity index (χ4v) is 2.22. The molecule has 1 aliphatic heterocycles. The normalized spacial score (nSPS) is 14.9. The molecule has 0 saturated heterocycles. The van der Waals surface area contributed by atoms with Crippen molar-refractivity contribution in [3.8, 4) is 0 Å². The first-order valence-electron chi connectivity index (χ1n) is 6.02. The van der Waals surface area contributed by atoms with Crippen molar-refractivity contribution in [2.45, 2.75) is 19.8 Å². The van der Waals surface area contributed by atoms with Gasteiger partial charge in [-0.1, -0.05) is 6.07 Å². The summed E-state index contributed by atoms with van der Waals surface area (Å²) in [5, 5.41) is 0. The fourth-order valence-electron chi connectivity index (χ4n) is 2.22. The highest BCUT2D eigenvalue weighted by molar-refractivity contribution is 5.62. The van der Waals surface area contributed by atoms with Gasteiger partial charge in [0, 0.05) is 31.1 Å². The molecule has 0 radical (unpaired) electrons. The molecule has 0 amide bonds. The summed E-state index contributed by atoms with van der Waals surface area (Å²) < 4.78 is 5.41. The average molecular weight is 220 g/mol. The van der Waals surface area contributed by atoms with Crippen molar-refractivity contribution in [3.63, 3.8) is 0 Å². The molecule has 1 heterocycles. The lowest BCUT2D eigenvalue weighted by Crippen LogP contribution is -2.32. The Bertz CT molecular complexity index is 352. The molecule has 3 heteroatoms. The number of hydrogen-bond acceptors (Lipinski definition) is 3. The highest BCUT2D eigenvalue weighted by atomic mass is 16.5. The van der Waals surface area contributed by atoms with E-state index >= 15 is 0 Å². The molecule has 2 N–H and O–H groups in total. The van der Waals surface area contributed by atoms with E-state index in [4.69, 9.17) is 10.5 Å². The van der Waals surface area contributed by atoms with Crippen molar-refractivity contribution in [3.05, 3.63) is 23.8 Å². The molecule has 1 aliphatic rings. The van der Waals surface area contributed by atoms with Crippen LogP contribution in [0.5, 0.6) is 0 Å². The van der Waals surface area contributed by atoms with Gasteiger partial charge in [-0.25, -0.2) is 0 Å². The van der Waals surface area contributed by atoms with Crippen LogP contribution in [0.3, 0.4) is 0 Å². The van der Waals surface area contributed by atoms with E-state index in [1.165, 1.54) is 24.1 Å². The zero-order chi connectivity index (χ0) is 11.4. The van der Waals surface area contributed by atoms with Gasteiger partial charge < -0.3 is 15.4 Å². The minimum absolute atomic E-state index is 0.789. The summed E-state index contributed by atoms with van der Waals surface area (Å²) in [5.74, 6) is 0. The number of anilines is 2. The number of benzene rings is 1. The summed E-state index contributed by atoms with van der Waals surface area (Å²) in [6, 6.07) is 6.23. The lowest BCUT2D eigenvalue weighted by Gasteiger charge is -2.31. The van der Waals surface area contributed by atoms with Crippen molar-refractivity contribution in [1.29, 1.82) is 0 Å². The van der Waals surface area contributed by atoms with E-state index in [1.54, 1.807) is 0 Å². The Kier molecular flexibility index (Phi) is 3.67. The number of ether oxygens (including phenoxy) is 1. The molecule has 0 atom stereocenters. The number of nitrogen functional groups attached to an aromatic ring is 1. The van der Waals surface area contributed by atoms with Crippen molar-refractivity contribution in [1.82, 2.24) is 0 Å². The molecule has 3 nitrogen and oxygen atoms in total. The summed E-state index contributed by atoms with van der Waals surface area (Å²) in [7, 11) is 0. The van der Waals surface area contributed by atoms with Crippen LogP contribution in [-0.4, -0.2) is 26.3 Å². The summed E-state index contributed by atoms with van der Waals surface area (Å²) in [4.78, 5) is 2.38. The zero-order valence-corrected chi connectivity index (χ0v) is 9.91.